The Morgan fingerprint density at radius 1 is 1.06 bits per heavy atom. The molecule has 0 saturated heterocycles. The minimum atomic E-state index is -1.69. The number of hydrogen-bond acceptors (Lipinski definition) is 4. The van der Waals surface area contributed by atoms with Gasteiger partial charge >= 0.3 is 0 Å². The number of hydrogen-bond donors (Lipinski definition) is 1. The van der Waals surface area contributed by atoms with Crippen molar-refractivity contribution < 1.29 is 35.9 Å². The first-order valence-corrected chi connectivity index (χ1v) is 9.91. The first-order chi connectivity index (χ1) is 16.2. The van der Waals surface area contributed by atoms with E-state index in [9.17, 15) is 26.7 Å². The van der Waals surface area contributed by atoms with Crippen LogP contribution in [0.5, 0.6) is 5.75 Å². The van der Waals surface area contributed by atoms with E-state index in [2.05, 4.69) is 10.4 Å². The molecule has 0 aliphatic rings. The molecule has 176 valence electrons. The van der Waals surface area contributed by atoms with E-state index in [4.69, 9.17) is 20.8 Å². The van der Waals surface area contributed by atoms with Gasteiger partial charge in [-0.3, -0.25) is 9.48 Å². The molecule has 0 atom stereocenters. The van der Waals surface area contributed by atoms with Crippen molar-refractivity contribution in [1.29, 1.82) is 0 Å². The zero-order valence-corrected chi connectivity index (χ0v) is 17.7. The highest BCUT2D eigenvalue weighted by Gasteiger charge is 2.21. The average Bonchev–Trinajstić information content (AvgIpc) is 3.44. The van der Waals surface area contributed by atoms with Gasteiger partial charge in [-0.2, -0.15) is 13.9 Å². The Morgan fingerprint density at radius 3 is 2.50 bits per heavy atom. The highest BCUT2D eigenvalue weighted by molar-refractivity contribution is 6.31. The summed E-state index contributed by atoms with van der Waals surface area (Å²) < 4.78 is 78.5. The van der Waals surface area contributed by atoms with Gasteiger partial charge in [0.05, 0.1) is 18.4 Å². The Hall–Kier alpha value is -3.86. The number of halogens is 6. The average molecular weight is 498 g/mol. The molecule has 4 rings (SSSR count). The van der Waals surface area contributed by atoms with E-state index in [0.29, 0.717) is 11.3 Å². The lowest BCUT2D eigenvalue weighted by molar-refractivity contribution is 0.0992. The Bertz CT molecular complexity index is 1350. The van der Waals surface area contributed by atoms with Gasteiger partial charge in [-0.1, -0.05) is 17.7 Å². The molecule has 1 amide bonds. The first-order valence-electron chi connectivity index (χ1n) is 9.53. The first kappa shape index (κ1) is 23.3. The molecule has 0 unspecified atom stereocenters. The molecule has 4 aromatic rings. The number of nitrogens with one attached hydrogen (secondary N) is 1. The van der Waals surface area contributed by atoms with Crippen LogP contribution in [0.3, 0.4) is 0 Å². The van der Waals surface area contributed by atoms with Gasteiger partial charge in [0.2, 0.25) is 11.6 Å². The Labute approximate surface area is 193 Å². The predicted molar refractivity (Wildman–Crippen MR) is 110 cm³/mol. The molecule has 2 aromatic carbocycles. The molecule has 34 heavy (non-hydrogen) atoms. The van der Waals surface area contributed by atoms with Crippen LogP contribution in [-0.4, -0.2) is 15.7 Å². The fourth-order valence-corrected chi connectivity index (χ4v) is 3.16. The van der Waals surface area contributed by atoms with Crippen LogP contribution < -0.4 is 10.1 Å². The van der Waals surface area contributed by atoms with Crippen molar-refractivity contribution in [2.24, 2.45) is 0 Å². The number of benzene rings is 2. The molecule has 0 aliphatic heterocycles. The molecule has 0 bridgehead atoms. The second-order valence-corrected chi connectivity index (χ2v) is 7.38. The SMILES string of the molecule is O=C(Nc1cnn(Cc2ccc(F)cc2Cl)c1)c1ccc(COc2c(F)c(F)cc(F)c2F)o1. The number of ether oxygens (including phenoxy) is 1. The molecule has 2 heterocycles. The molecule has 1 N–H and O–H groups in total. The summed E-state index contributed by atoms with van der Waals surface area (Å²) in [5.41, 5.74) is 0.933. The fraction of sp³-hybridized carbons (Fsp3) is 0.0909. The lowest BCUT2D eigenvalue weighted by Crippen LogP contribution is -2.10. The number of carbonyl (C=O) groups is 1. The van der Waals surface area contributed by atoms with Crippen molar-refractivity contribution in [3.63, 3.8) is 0 Å². The maximum Gasteiger partial charge on any atom is 0.291 e. The molecule has 2 aromatic heterocycles. The van der Waals surface area contributed by atoms with E-state index in [1.165, 1.54) is 47.4 Å². The smallest absolute Gasteiger partial charge is 0.291 e. The molecular formula is C22H13ClF5N3O3. The number of amides is 1. The second-order valence-electron chi connectivity index (χ2n) is 6.97. The molecule has 0 spiro atoms. The Balaban J connectivity index is 1.38. The number of rotatable bonds is 7. The summed E-state index contributed by atoms with van der Waals surface area (Å²) in [6.45, 7) is -0.370. The van der Waals surface area contributed by atoms with Crippen LogP contribution >= 0.6 is 11.6 Å². The van der Waals surface area contributed by atoms with Crippen molar-refractivity contribution in [3.8, 4) is 5.75 Å². The maximum atomic E-state index is 13.7. The molecule has 12 heteroatoms. The number of furan rings is 1. The zero-order valence-electron chi connectivity index (χ0n) is 16.9. The fourth-order valence-electron chi connectivity index (χ4n) is 2.93. The highest BCUT2D eigenvalue weighted by atomic mass is 35.5. The second kappa shape index (κ2) is 9.56. The van der Waals surface area contributed by atoms with E-state index >= 15 is 0 Å². The number of carbonyl (C=O) groups excluding carboxylic acids is 1. The Kier molecular flexibility index (Phi) is 6.55. The van der Waals surface area contributed by atoms with Gasteiger partial charge in [0.25, 0.3) is 5.91 Å². The summed E-state index contributed by atoms with van der Waals surface area (Å²) in [6, 6.07) is 6.58. The normalized spacial score (nSPS) is 11.0. The Morgan fingerprint density at radius 2 is 1.79 bits per heavy atom. The third kappa shape index (κ3) is 5.04. The third-order valence-corrected chi connectivity index (χ3v) is 4.91. The van der Waals surface area contributed by atoms with E-state index < -0.39 is 47.3 Å². The van der Waals surface area contributed by atoms with Crippen LogP contribution in [0.15, 0.2) is 53.2 Å². The van der Waals surface area contributed by atoms with Gasteiger partial charge in [0.15, 0.2) is 23.1 Å². The standard InChI is InChI=1S/C22H13ClF5N3O3/c23-15-5-12(24)2-1-11(15)8-31-9-13(7-29-31)30-22(32)18-4-3-14(34-18)10-33-21-19(27)16(25)6-17(26)20(21)28/h1-7,9H,8,10H2,(H,30,32). The van der Waals surface area contributed by atoms with Crippen molar-refractivity contribution in [1.82, 2.24) is 9.78 Å². The van der Waals surface area contributed by atoms with E-state index in [1.807, 2.05) is 0 Å². The molecule has 0 saturated carbocycles. The summed E-state index contributed by atoms with van der Waals surface area (Å²) in [6.07, 6.45) is 2.88. The summed E-state index contributed by atoms with van der Waals surface area (Å²) in [4.78, 5) is 12.4. The van der Waals surface area contributed by atoms with Crippen LogP contribution in [-0.2, 0) is 13.2 Å². The van der Waals surface area contributed by atoms with Crippen molar-refractivity contribution in [2.45, 2.75) is 13.2 Å². The van der Waals surface area contributed by atoms with Crippen LogP contribution in [0.4, 0.5) is 27.6 Å². The lowest BCUT2D eigenvalue weighted by Gasteiger charge is -2.08. The van der Waals surface area contributed by atoms with Gasteiger partial charge < -0.3 is 14.5 Å². The van der Waals surface area contributed by atoms with Gasteiger partial charge in [-0.05, 0) is 29.8 Å². The monoisotopic (exact) mass is 497 g/mol. The molecule has 0 aliphatic carbocycles. The van der Waals surface area contributed by atoms with E-state index in [1.54, 1.807) is 0 Å². The summed E-state index contributed by atoms with van der Waals surface area (Å²) in [5.74, 6) is -9.19. The van der Waals surface area contributed by atoms with Crippen molar-refractivity contribution in [3.05, 3.63) is 100.0 Å². The van der Waals surface area contributed by atoms with Gasteiger partial charge in [0.1, 0.15) is 18.2 Å². The van der Waals surface area contributed by atoms with Crippen LogP contribution in [0, 0.1) is 29.1 Å². The predicted octanol–water partition coefficient (Wildman–Crippen LogP) is 5.70. The van der Waals surface area contributed by atoms with Gasteiger partial charge in [-0.15, -0.1) is 0 Å². The summed E-state index contributed by atoms with van der Waals surface area (Å²) >= 11 is 6.00. The number of anilines is 1. The molecule has 6 nitrogen and oxygen atoms in total. The number of aromatic nitrogens is 2. The summed E-state index contributed by atoms with van der Waals surface area (Å²) in [5, 5.41) is 6.86. The minimum absolute atomic E-state index is 0.0322. The van der Waals surface area contributed by atoms with Crippen molar-refractivity contribution in [2.75, 3.05) is 5.32 Å². The lowest BCUT2D eigenvalue weighted by atomic mass is 10.2. The molecule has 0 radical (unpaired) electrons. The topological polar surface area (TPSA) is 69.3 Å². The molecular weight excluding hydrogens is 485 g/mol. The minimum Gasteiger partial charge on any atom is -0.479 e. The third-order valence-electron chi connectivity index (χ3n) is 4.55. The molecule has 0 fully saturated rings. The largest absolute Gasteiger partial charge is 0.479 e. The van der Waals surface area contributed by atoms with E-state index in [0.717, 1.165) is 0 Å². The number of nitrogens with zero attached hydrogens (tertiary/aromatic N) is 2. The highest BCUT2D eigenvalue weighted by Crippen LogP contribution is 2.27. The van der Waals surface area contributed by atoms with Crippen LogP contribution in [0.25, 0.3) is 0 Å². The summed E-state index contributed by atoms with van der Waals surface area (Å²) in [7, 11) is 0. The van der Waals surface area contributed by atoms with E-state index in [-0.39, 0.29) is 29.2 Å². The quantitative estimate of drug-likeness (QED) is 0.262. The van der Waals surface area contributed by atoms with Crippen molar-refractivity contribution >= 4 is 23.2 Å². The maximum absolute atomic E-state index is 13.7. The zero-order chi connectivity index (χ0) is 24.4. The van der Waals surface area contributed by atoms with Gasteiger partial charge in [-0.25, -0.2) is 13.2 Å². The van der Waals surface area contributed by atoms with Gasteiger partial charge in [0, 0.05) is 17.3 Å². The van der Waals surface area contributed by atoms with Crippen LogP contribution in [0.1, 0.15) is 21.9 Å². The van der Waals surface area contributed by atoms with Crippen LogP contribution in [0.2, 0.25) is 5.02 Å².